The van der Waals surface area contributed by atoms with Gasteiger partial charge in [0.1, 0.15) is 6.04 Å². The molecule has 5 nitrogen and oxygen atoms in total. The number of hydrogen-bond donors (Lipinski definition) is 2. The van der Waals surface area contributed by atoms with E-state index in [0.717, 1.165) is 0 Å². The average Bonchev–Trinajstić information content (AvgIpc) is 2.18. The number of nitrogens with zero attached hydrogens (tertiary/aromatic N) is 2. The Balaban J connectivity index is 2.64. The van der Waals surface area contributed by atoms with Crippen LogP contribution in [0.15, 0.2) is 31.1 Å². The molecule has 0 aliphatic heterocycles. The summed E-state index contributed by atoms with van der Waals surface area (Å²) in [5, 5.41) is 11.5. The van der Waals surface area contributed by atoms with Crippen molar-refractivity contribution in [3.05, 3.63) is 31.1 Å². The van der Waals surface area contributed by atoms with Gasteiger partial charge in [-0.3, -0.25) is 0 Å². The molecular formula is C9H11N3O2. The van der Waals surface area contributed by atoms with Gasteiger partial charge in [0, 0.05) is 12.4 Å². The Morgan fingerprint density at radius 1 is 1.64 bits per heavy atom. The van der Waals surface area contributed by atoms with E-state index in [2.05, 4.69) is 21.9 Å². The van der Waals surface area contributed by atoms with Gasteiger partial charge in [-0.1, -0.05) is 6.08 Å². The number of carboxylic acids is 1. The molecule has 74 valence electrons. The van der Waals surface area contributed by atoms with Crippen LogP contribution in [0.3, 0.4) is 0 Å². The second-order valence-electron chi connectivity index (χ2n) is 2.63. The van der Waals surface area contributed by atoms with Crippen LogP contribution in [0.25, 0.3) is 0 Å². The van der Waals surface area contributed by atoms with Crippen LogP contribution in [0.2, 0.25) is 0 Å². The summed E-state index contributed by atoms with van der Waals surface area (Å²) in [7, 11) is 0. The van der Waals surface area contributed by atoms with Crippen molar-refractivity contribution in [2.75, 3.05) is 5.32 Å². The number of carbonyl (C=O) groups is 1. The number of nitrogens with one attached hydrogen (secondary N) is 1. The SMILES string of the molecule is C=CCC(Nc1ncccn1)C(=O)O. The second kappa shape index (κ2) is 4.96. The zero-order valence-electron chi connectivity index (χ0n) is 7.55. The van der Waals surface area contributed by atoms with Gasteiger partial charge in [0.15, 0.2) is 0 Å². The number of aromatic nitrogens is 2. The van der Waals surface area contributed by atoms with Crippen molar-refractivity contribution in [3.8, 4) is 0 Å². The fourth-order valence-corrected chi connectivity index (χ4v) is 0.918. The largest absolute Gasteiger partial charge is 0.480 e. The van der Waals surface area contributed by atoms with E-state index < -0.39 is 12.0 Å². The first kappa shape index (κ1) is 10.2. The molecule has 0 saturated carbocycles. The molecule has 1 aromatic rings. The molecule has 0 aliphatic carbocycles. The quantitative estimate of drug-likeness (QED) is 0.680. The predicted molar refractivity (Wildman–Crippen MR) is 51.9 cm³/mol. The molecule has 0 spiro atoms. The van der Waals surface area contributed by atoms with Crippen LogP contribution < -0.4 is 5.32 Å². The molecular weight excluding hydrogens is 182 g/mol. The van der Waals surface area contributed by atoms with Crippen molar-refractivity contribution in [1.29, 1.82) is 0 Å². The van der Waals surface area contributed by atoms with Gasteiger partial charge >= 0.3 is 5.97 Å². The van der Waals surface area contributed by atoms with Gasteiger partial charge in [-0.15, -0.1) is 6.58 Å². The van der Waals surface area contributed by atoms with Crippen LogP contribution in [0.5, 0.6) is 0 Å². The number of hydrogen-bond acceptors (Lipinski definition) is 4. The fourth-order valence-electron chi connectivity index (χ4n) is 0.918. The Hall–Kier alpha value is -1.91. The lowest BCUT2D eigenvalue weighted by Gasteiger charge is -2.11. The summed E-state index contributed by atoms with van der Waals surface area (Å²) >= 11 is 0. The normalized spacial score (nSPS) is 11.7. The molecule has 0 radical (unpaired) electrons. The average molecular weight is 193 g/mol. The van der Waals surface area contributed by atoms with Gasteiger partial charge in [-0.05, 0) is 12.5 Å². The maximum atomic E-state index is 10.7. The first-order valence-electron chi connectivity index (χ1n) is 4.11. The van der Waals surface area contributed by atoms with E-state index in [9.17, 15) is 4.79 Å². The number of anilines is 1. The van der Waals surface area contributed by atoms with E-state index in [1.807, 2.05) is 0 Å². The van der Waals surface area contributed by atoms with E-state index in [1.54, 1.807) is 18.5 Å². The molecule has 0 aliphatic rings. The molecule has 0 bridgehead atoms. The lowest BCUT2D eigenvalue weighted by molar-refractivity contribution is -0.137. The number of rotatable bonds is 5. The summed E-state index contributed by atoms with van der Waals surface area (Å²) in [6.45, 7) is 3.48. The Morgan fingerprint density at radius 2 is 2.29 bits per heavy atom. The highest BCUT2D eigenvalue weighted by Gasteiger charge is 2.15. The van der Waals surface area contributed by atoms with Gasteiger partial charge in [0.25, 0.3) is 0 Å². The highest BCUT2D eigenvalue weighted by atomic mass is 16.4. The zero-order chi connectivity index (χ0) is 10.4. The van der Waals surface area contributed by atoms with Crippen LogP contribution in [0.1, 0.15) is 6.42 Å². The van der Waals surface area contributed by atoms with Crippen molar-refractivity contribution in [1.82, 2.24) is 9.97 Å². The molecule has 5 heteroatoms. The van der Waals surface area contributed by atoms with Gasteiger partial charge in [0.2, 0.25) is 5.95 Å². The summed E-state index contributed by atoms with van der Waals surface area (Å²) in [6, 6.07) is 0.934. The van der Waals surface area contributed by atoms with Crippen molar-refractivity contribution in [3.63, 3.8) is 0 Å². The van der Waals surface area contributed by atoms with E-state index >= 15 is 0 Å². The molecule has 0 fully saturated rings. The Kier molecular flexibility index (Phi) is 3.60. The minimum absolute atomic E-state index is 0.307. The van der Waals surface area contributed by atoms with Gasteiger partial charge in [0.05, 0.1) is 0 Å². The van der Waals surface area contributed by atoms with Crippen molar-refractivity contribution < 1.29 is 9.90 Å². The van der Waals surface area contributed by atoms with Crippen molar-refractivity contribution in [2.24, 2.45) is 0 Å². The third kappa shape index (κ3) is 2.85. The zero-order valence-corrected chi connectivity index (χ0v) is 7.55. The third-order valence-electron chi connectivity index (χ3n) is 1.57. The minimum atomic E-state index is -0.947. The smallest absolute Gasteiger partial charge is 0.326 e. The summed E-state index contributed by atoms with van der Waals surface area (Å²) in [6.07, 6.45) is 4.95. The van der Waals surface area contributed by atoms with Crippen LogP contribution in [0.4, 0.5) is 5.95 Å². The topological polar surface area (TPSA) is 75.1 Å². The Morgan fingerprint density at radius 3 is 2.79 bits per heavy atom. The van der Waals surface area contributed by atoms with Gasteiger partial charge in [-0.25, -0.2) is 14.8 Å². The molecule has 1 atom stereocenters. The molecule has 0 aromatic carbocycles. The molecule has 1 aromatic heterocycles. The van der Waals surface area contributed by atoms with Crippen molar-refractivity contribution >= 4 is 11.9 Å². The molecule has 1 heterocycles. The fraction of sp³-hybridized carbons (Fsp3) is 0.222. The number of aliphatic carboxylic acids is 1. The molecule has 2 N–H and O–H groups in total. The van der Waals surface area contributed by atoms with Crippen LogP contribution in [0, 0.1) is 0 Å². The van der Waals surface area contributed by atoms with Crippen LogP contribution in [-0.4, -0.2) is 27.1 Å². The summed E-state index contributed by atoms with van der Waals surface area (Å²) < 4.78 is 0. The van der Waals surface area contributed by atoms with Crippen LogP contribution in [-0.2, 0) is 4.79 Å². The third-order valence-corrected chi connectivity index (χ3v) is 1.57. The maximum Gasteiger partial charge on any atom is 0.326 e. The molecule has 0 saturated heterocycles. The highest BCUT2D eigenvalue weighted by Crippen LogP contribution is 2.02. The van der Waals surface area contributed by atoms with E-state index in [4.69, 9.17) is 5.11 Å². The Bertz CT molecular complexity index is 313. The summed E-state index contributed by atoms with van der Waals surface area (Å²) in [4.78, 5) is 18.5. The van der Waals surface area contributed by atoms with Crippen LogP contribution >= 0.6 is 0 Å². The van der Waals surface area contributed by atoms with E-state index in [0.29, 0.717) is 12.4 Å². The molecule has 1 unspecified atom stereocenters. The second-order valence-corrected chi connectivity index (χ2v) is 2.63. The standard InChI is InChI=1S/C9H11N3O2/c1-2-4-7(8(13)14)12-9-10-5-3-6-11-9/h2-3,5-7H,1,4H2,(H,13,14)(H,10,11,12). The Labute approximate surface area is 81.5 Å². The van der Waals surface area contributed by atoms with E-state index in [-0.39, 0.29) is 0 Å². The summed E-state index contributed by atoms with van der Waals surface area (Å²) in [5.74, 6) is -0.640. The first-order valence-corrected chi connectivity index (χ1v) is 4.11. The van der Waals surface area contributed by atoms with Crippen molar-refractivity contribution in [2.45, 2.75) is 12.5 Å². The lowest BCUT2D eigenvalue weighted by Crippen LogP contribution is -2.29. The maximum absolute atomic E-state index is 10.7. The highest BCUT2D eigenvalue weighted by molar-refractivity contribution is 5.76. The lowest BCUT2D eigenvalue weighted by atomic mass is 10.2. The van der Waals surface area contributed by atoms with E-state index in [1.165, 1.54) is 6.08 Å². The van der Waals surface area contributed by atoms with Gasteiger partial charge in [-0.2, -0.15) is 0 Å². The molecule has 1 rings (SSSR count). The number of carboxylic acid groups (broad SMARTS) is 1. The first-order chi connectivity index (χ1) is 6.74. The molecule has 0 amide bonds. The van der Waals surface area contributed by atoms with Gasteiger partial charge < -0.3 is 10.4 Å². The minimum Gasteiger partial charge on any atom is -0.480 e. The molecule has 14 heavy (non-hydrogen) atoms. The monoisotopic (exact) mass is 193 g/mol. The predicted octanol–water partition coefficient (Wildman–Crippen LogP) is 0.918. The summed E-state index contributed by atoms with van der Waals surface area (Å²) in [5.41, 5.74) is 0.